The van der Waals surface area contributed by atoms with Crippen molar-refractivity contribution < 1.29 is 9.53 Å². The van der Waals surface area contributed by atoms with Gasteiger partial charge in [-0.2, -0.15) is 16.4 Å². The molecule has 118 valence electrons. The molecule has 0 saturated carbocycles. The molecule has 1 aliphatic rings. The van der Waals surface area contributed by atoms with Crippen LogP contribution in [0, 0.1) is 5.92 Å². The highest BCUT2D eigenvalue weighted by Gasteiger charge is 2.32. The zero-order valence-corrected chi connectivity index (χ0v) is 13.4. The summed E-state index contributed by atoms with van der Waals surface area (Å²) in [6, 6.07) is 1.71. The van der Waals surface area contributed by atoms with Crippen LogP contribution in [0.15, 0.2) is 29.5 Å². The van der Waals surface area contributed by atoms with Crippen LogP contribution in [-0.4, -0.2) is 45.8 Å². The number of carbonyl (C=O) groups excluding carboxylic acids is 1. The maximum absolute atomic E-state index is 12.2. The van der Waals surface area contributed by atoms with E-state index in [1.165, 1.54) is 7.11 Å². The van der Waals surface area contributed by atoms with Gasteiger partial charge in [-0.1, -0.05) is 0 Å². The third kappa shape index (κ3) is 3.36. The monoisotopic (exact) mass is 320 g/mol. The van der Waals surface area contributed by atoms with E-state index in [9.17, 15) is 4.79 Å². The Kier molecular flexibility index (Phi) is 4.84. The average Bonchev–Trinajstić information content (AvgIpc) is 3.21. The summed E-state index contributed by atoms with van der Waals surface area (Å²) in [5.41, 5.74) is 1.03. The highest BCUT2D eigenvalue weighted by atomic mass is 32.1. The van der Waals surface area contributed by atoms with Crippen molar-refractivity contribution in [3.63, 3.8) is 0 Å². The number of aromatic nitrogens is 3. The maximum Gasteiger partial charge on any atom is 0.327 e. The molecule has 0 amide bonds. The fraction of sp³-hybridized carbons (Fsp3) is 0.533. The largest absolute Gasteiger partial charge is 0.468 e. The summed E-state index contributed by atoms with van der Waals surface area (Å²) >= 11 is 1.61. The van der Waals surface area contributed by atoms with Crippen molar-refractivity contribution in [3.05, 3.63) is 35.0 Å². The summed E-state index contributed by atoms with van der Waals surface area (Å²) in [6.45, 7) is 2.63. The van der Waals surface area contributed by atoms with Gasteiger partial charge in [0.25, 0.3) is 0 Å². The van der Waals surface area contributed by atoms with Crippen molar-refractivity contribution >= 4 is 17.3 Å². The number of carbonyl (C=O) groups is 1. The predicted molar refractivity (Wildman–Crippen MR) is 83.4 cm³/mol. The number of hydrogen-bond acceptors (Lipinski definition) is 6. The summed E-state index contributed by atoms with van der Waals surface area (Å²) in [5.74, 6) is 0.293. The summed E-state index contributed by atoms with van der Waals surface area (Å²) in [6.07, 6.45) is 5.53. The number of rotatable bonds is 5. The number of esters is 1. The second-order valence-corrected chi connectivity index (χ2v) is 6.38. The van der Waals surface area contributed by atoms with Crippen molar-refractivity contribution in [2.45, 2.75) is 25.4 Å². The molecule has 0 bridgehead atoms. The molecule has 6 nitrogen and oxygen atoms in total. The molecular formula is C15H20N4O2S. The smallest absolute Gasteiger partial charge is 0.327 e. The van der Waals surface area contributed by atoms with Gasteiger partial charge in [-0.25, -0.2) is 9.78 Å². The molecule has 1 saturated heterocycles. The van der Waals surface area contributed by atoms with E-state index >= 15 is 0 Å². The van der Waals surface area contributed by atoms with E-state index in [1.807, 2.05) is 21.5 Å². The molecule has 1 aliphatic heterocycles. The Morgan fingerprint density at radius 1 is 1.59 bits per heavy atom. The van der Waals surface area contributed by atoms with Gasteiger partial charge in [-0.3, -0.25) is 9.58 Å². The quantitative estimate of drug-likeness (QED) is 0.788. The van der Waals surface area contributed by atoms with Crippen molar-refractivity contribution in [3.8, 4) is 0 Å². The van der Waals surface area contributed by atoms with Gasteiger partial charge in [0.05, 0.1) is 7.11 Å². The van der Waals surface area contributed by atoms with Crippen molar-refractivity contribution in [1.82, 2.24) is 19.7 Å². The minimum absolute atomic E-state index is 0.181. The van der Waals surface area contributed by atoms with E-state index in [0.717, 1.165) is 38.0 Å². The fourth-order valence-electron chi connectivity index (χ4n) is 3.11. The molecule has 2 atom stereocenters. The Morgan fingerprint density at radius 3 is 3.18 bits per heavy atom. The number of thiophene rings is 1. The first-order valence-corrected chi connectivity index (χ1v) is 8.38. The van der Waals surface area contributed by atoms with Crippen LogP contribution >= 0.6 is 11.3 Å². The number of piperidine rings is 1. The molecule has 0 radical (unpaired) electrons. The molecule has 0 unspecified atom stereocenters. The Labute approximate surface area is 133 Å². The average molecular weight is 320 g/mol. The minimum Gasteiger partial charge on any atom is -0.468 e. The van der Waals surface area contributed by atoms with E-state index in [0.29, 0.717) is 5.92 Å². The zero-order chi connectivity index (χ0) is 15.4. The molecule has 0 aromatic carbocycles. The van der Waals surface area contributed by atoms with E-state index in [2.05, 4.69) is 15.0 Å². The summed E-state index contributed by atoms with van der Waals surface area (Å²) < 4.78 is 6.89. The molecule has 3 rings (SSSR count). The van der Waals surface area contributed by atoms with Crippen LogP contribution in [-0.2, 0) is 16.1 Å². The molecule has 2 aromatic heterocycles. The predicted octanol–water partition coefficient (Wildman–Crippen LogP) is 1.97. The van der Waals surface area contributed by atoms with Gasteiger partial charge in [0.1, 0.15) is 18.7 Å². The van der Waals surface area contributed by atoms with E-state index < -0.39 is 0 Å². The number of ether oxygens (including phenoxy) is 1. The second kappa shape index (κ2) is 7.02. The van der Waals surface area contributed by atoms with Crippen LogP contribution in [0.1, 0.15) is 24.4 Å². The van der Waals surface area contributed by atoms with Crippen LogP contribution in [0.25, 0.3) is 0 Å². The molecule has 3 heterocycles. The lowest BCUT2D eigenvalue weighted by Crippen LogP contribution is -2.42. The Balaban J connectivity index is 1.72. The second-order valence-electron chi connectivity index (χ2n) is 5.60. The number of likely N-dealkylation sites (tertiary alicyclic amines) is 1. The zero-order valence-electron chi connectivity index (χ0n) is 12.6. The molecule has 7 heteroatoms. The van der Waals surface area contributed by atoms with Gasteiger partial charge < -0.3 is 4.74 Å². The van der Waals surface area contributed by atoms with Crippen LogP contribution in [0.3, 0.4) is 0 Å². The molecule has 2 aromatic rings. The lowest BCUT2D eigenvalue weighted by Gasteiger charge is -2.36. The molecule has 0 aliphatic carbocycles. The first kappa shape index (κ1) is 15.2. The van der Waals surface area contributed by atoms with E-state index in [-0.39, 0.29) is 12.0 Å². The molecule has 0 spiro atoms. The maximum atomic E-state index is 12.2. The van der Waals surface area contributed by atoms with Gasteiger partial charge in [0, 0.05) is 13.1 Å². The molecule has 22 heavy (non-hydrogen) atoms. The summed E-state index contributed by atoms with van der Waals surface area (Å²) in [4.78, 5) is 18.5. The van der Waals surface area contributed by atoms with Crippen LogP contribution in [0.4, 0.5) is 0 Å². The first-order chi connectivity index (χ1) is 10.8. The van der Waals surface area contributed by atoms with Crippen molar-refractivity contribution in [1.29, 1.82) is 0 Å². The molecular weight excluding hydrogens is 300 g/mol. The lowest BCUT2D eigenvalue weighted by molar-refractivity contribution is -0.148. The van der Waals surface area contributed by atoms with Gasteiger partial charge in [-0.05, 0) is 47.7 Å². The van der Waals surface area contributed by atoms with E-state index in [1.54, 1.807) is 24.0 Å². The van der Waals surface area contributed by atoms with Crippen molar-refractivity contribution in [2.24, 2.45) is 5.92 Å². The minimum atomic E-state index is -0.296. The SMILES string of the molecule is COC(=O)[C@H](c1ccsc1)N1CCC[C@@H](Cn2cncn2)C1. The molecule has 1 fully saturated rings. The Bertz CT molecular complexity index is 585. The highest BCUT2D eigenvalue weighted by Crippen LogP contribution is 2.29. The highest BCUT2D eigenvalue weighted by molar-refractivity contribution is 7.08. The Morgan fingerprint density at radius 2 is 2.50 bits per heavy atom. The standard InChI is InChI=1S/C15H20N4O2S/c1-21-15(20)14(13-4-6-22-9-13)18-5-2-3-12(7-18)8-19-11-16-10-17-19/h4,6,9-12,14H,2-3,5,7-8H2,1H3/t12-,14+/m1/s1. The van der Waals surface area contributed by atoms with Crippen LogP contribution in [0.5, 0.6) is 0 Å². The third-order valence-corrected chi connectivity index (χ3v) is 4.81. The topological polar surface area (TPSA) is 60.2 Å². The van der Waals surface area contributed by atoms with Gasteiger partial charge >= 0.3 is 5.97 Å². The van der Waals surface area contributed by atoms with E-state index in [4.69, 9.17) is 4.74 Å². The fourth-order valence-corrected chi connectivity index (χ4v) is 3.79. The number of hydrogen-bond donors (Lipinski definition) is 0. The van der Waals surface area contributed by atoms with Crippen LogP contribution in [0.2, 0.25) is 0 Å². The molecule has 0 N–H and O–H groups in total. The van der Waals surface area contributed by atoms with Crippen molar-refractivity contribution in [2.75, 3.05) is 20.2 Å². The lowest BCUT2D eigenvalue weighted by atomic mass is 9.95. The number of nitrogens with zero attached hydrogens (tertiary/aromatic N) is 4. The van der Waals surface area contributed by atoms with Crippen LogP contribution < -0.4 is 0 Å². The summed E-state index contributed by atoms with van der Waals surface area (Å²) in [5, 5.41) is 8.21. The first-order valence-electron chi connectivity index (χ1n) is 7.44. The summed E-state index contributed by atoms with van der Waals surface area (Å²) in [7, 11) is 1.46. The number of methoxy groups -OCH3 is 1. The Hall–Kier alpha value is -1.73. The van der Waals surface area contributed by atoms with Gasteiger partial charge in [0.15, 0.2) is 0 Å². The van der Waals surface area contributed by atoms with Gasteiger partial charge in [-0.15, -0.1) is 0 Å². The third-order valence-electron chi connectivity index (χ3n) is 4.11. The normalized spacial score (nSPS) is 20.7. The van der Waals surface area contributed by atoms with Gasteiger partial charge in [0.2, 0.25) is 0 Å².